The second-order valence-corrected chi connectivity index (χ2v) is 4.84. The maximum absolute atomic E-state index is 5.21. The SMILES string of the molecule is COc1cccc(Nc2cc(NC(C)C)nc(C)n2)c1. The second kappa shape index (κ2) is 6.23. The number of methoxy groups -OCH3 is 1. The van der Waals surface area contributed by atoms with E-state index in [1.54, 1.807) is 7.11 Å². The Kier molecular flexibility index (Phi) is 4.40. The highest BCUT2D eigenvalue weighted by Gasteiger charge is 2.04. The average Bonchev–Trinajstić information content (AvgIpc) is 2.37. The molecule has 0 aliphatic heterocycles. The molecule has 0 aliphatic carbocycles. The summed E-state index contributed by atoms with van der Waals surface area (Å²) in [7, 11) is 1.65. The van der Waals surface area contributed by atoms with Crippen molar-refractivity contribution in [1.82, 2.24) is 9.97 Å². The molecule has 5 heteroatoms. The minimum atomic E-state index is 0.328. The maximum atomic E-state index is 5.21. The standard InChI is InChI=1S/C15H20N4O/c1-10(2)16-14-9-15(18-11(3)17-14)19-12-6-5-7-13(8-12)20-4/h5-10H,1-4H3,(H2,16,17,18,19). The van der Waals surface area contributed by atoms with Crippen LogP contribution in [0.4, 0.5) is 17.3 Å². The van der Waals surface area contributed by atoms with Crippen LogP contribution in [-0.4, -0.2) is 23.1 Å². The molecule has 20 heavy (non-hydrogen) atoms. The van der Waals surface area contributed by atoms with E-state index in [1.165, 1.54) is 0 Å². The maximum Gasteiger partial charge on any atom is 0.136 e. The molecule has 106 valence electrons. The van der Waals surface area contributed by atoms with E-state index in [0.29, 0.717) is 6.04 Å². The number of rotatable bonds is 5. The Morgan fingerprint density at radius 1 is 1.10 bits per heavy atom. The molecule has 0 spiro atoms. The van der Waals surface area contributed by atoms with Crippen LogP contribution >= 0.6 is 0 Å². The molecule has 0 bridgehead atoms. The third-order valence-corrected chi connectivity index (χ3v) is 2.62. The summed E-state index contributed by atoms with van der Waals surface area (Å²) >= 11 is 0. The molecule has 2 rings (SSSR count). The molecule has 0 amide bonds. The molecule has 1 aromatic heterocycles. The van der Waals surface area contributed by atoms with E-state index >= 15 is 0 Å². The Bertz CT molecular complexity index is 584. The zero-order valence-electron chi connectivity index (χ0n) is 12.3. The van der Waals surface area contributed by atoms with Gasteiger partial charge in [-0.15, -0.1) is 0 Å². The summed E-state index contributed by atoms with van der Waals surface area (Å²) in [5.74, 6) is 3.11. The first-order valence-electron chi connectivity index (χ1n) is 6.60. The van der Waals surface area contributed by atoms with Gasteiger partial charge in [0.15, 0.2) is 0 Å². The van der Waals surface area contributed by atoms with Crippen LogP contribution < -0.4 is 15.4 Å². The van der Waals surface area contributed by atoms with Crippen LogP contribution in [0.25, 0.3) is 0 Å². The molecular weight excluding hydrogens is 252 g/mol. The van der Waals surface area contributed by atoms with Crippen LogP contribution in [-0.2, 0) is 0 Å². The van der Waals surface area contributed by atoms with E-state index in [2.05, 4.69) is 34.4 Å². The molecule has 0 radical (unpaired) electrons. The fraction of sp³-hybridized carbons (Fsp3) is 0.333. The Hall–Kier alpha value is -2.30. The topological polar surface area (TPSA) is 59.1 Å². The summed E-state index contributed by atoms with van der Waals surface area (Å²) in [5.41, 5.74) is 0.929. The summed E-state index contributed by atoms with van der Waals surface area (Å²) in [6.07, 6.45) is 0. The monoisotopic (exact) mass is 272 g/mol. The Balaban J connectivity index is 2.21. The third-order valence-electron chi connectivity index (χ3n) is 2.62. The fourth-order valence-electron chi connectivity index (χ4n) is 1.85. The van der Waals surface area contributed by atoms with Crippen molar-refractivity contribution in [3.63, 3.8) is 0 Å². The number of nitrogens with zero attached hydrogens (tertiary/aromatic N) is 2. The van der Waals surface area contributed by atoms with Crippen LogP contribution in [0.15, 0.2) is 30.3 Å². The second-order valence-electron chi connectivity index (χ2n) is 4.84. The lowest BCUT2D eigenvalue weighted by atomic mass is 10.3. The van der Waals surface area contributed by atoms with Crippen molar-refractivity contribution in [3.05, 3.63) is 36.2 Å². The minimum Gasteiger partial charge on any atom is -0.497 e. The predicted octanol–water partition coefficient (Wildman–Crippen LogP) is 3.36. The van der Waals surface area contributed by atoms with Gasteiger partial charge in [-0.1, -0.05) is 6.07 Å². The first kappa shape index (κ1) is 14.1. The number of benzene rings is 1. The summed E-state index contributed by atoms with van der Waals surface area (Å²) in [6.45, 7) is 6.03. The number of aryl methyl sites for hydroxylation is 1. The van der Waals surface area contributed by atoms with Crippen molar-refractivity contribution in [1.29, 1.82) is 0 Å². The molecular formula is C15H20N4O. The molecule has 0 unspecified atom stereocenters. The molecule has 0 saturated heterocycles. The Morgan fingerprint density at radius 2 is 1.85 bits per heavy atom. The van der Waals surface area contributed by atoms with Crippen LogP contribution in [0.5, 0.6) is 5.75 Å². The van der Waals surface area contributed by atoms with Crippen LogP contribution in [0.3, 0.4) is 0 Å². The molecule has 2 aromatic rings. The number of ether oxygens (including phenoxy) is 1. The zero-order valence-corrected chi connectivity index (χ0v) is 12.3. The highest BCUT2D eigenvalue weighted by molar-refractivity contribution is 5.60. The van der Waals surface area contributed by atoms with Gasteiger partial charge < -0.3 is 15.4 Å². The van der Waals surface area contributed by atoms with Crippen molar-refractivity contribution in [2.45, 2.75) is 26.8 Å². The van der Waals surface area contributed by atoms with Crippen molar-refractivity contribution < 1.29 is 4.74 Å². The molecule has 0 saturated carbocycles. The normalized spacial score (nSPS) is 10.4. The van der Waals surface area contributed by atoms with Gasteiger partial charge in [0.2, 0.25) is 0 Å². The van der Waals surface area contributed by atoms with Crippen molar-refractivity contribution in [2.24, 2.45) is 0 Å². The Labute approximate surface area is 119 Å². The molecule has 0 atom stereocenters. The van der Waals surface area contributed by atoms with Crippen LogP contribution in [0, 0.1) is 6.92 Å². The van der Waals surface area contributed by atoms with Gasteiger partial charge in [-0.3, -0.25) is 0 Å². The average molecular weight is 272 g/mol. The molecule has 2 N–H and O–H groups in total. The third kappa shape index (κ3) is 3.85. The van der Waals surface area contributed by atoms with Gasteiger partial charge in [-0.2, -0.15) is 0 Å². The lowest BCUT2D eigenvalue weighted by molar-refractivity contribution is 0.415. The van der Waals surface area contributed by atoms with Crippen LogP contribution in [0.1, 0.15) is 19.7 Å². The first-order chi connectivity index (χ1) is 9.56. The highest BCUT2D eigenvalue weighted by atomic mass is 16.5. The molecule has 1 aromatic carbocycles. The van der Waals surface area contributed by atoms with Gasteiger partial charge in [0.1, 0.15) is 23.2 Å². The number of anilines is 3. The van der Waals surface area contributed by atoms with E-state index < -0.39 is 0 Å². The van der Waals surface area contributed by atoms with E-state index in [1.807, 2.05) is 37.3 Å². The van der Waals surface area contributed by atoms with E-state index in [0.717, 1.165) is 28.9 Å². The quantitative estimate of drug-likeness (QED) is 0.874. The molecule has 0 aliphatic rings. The number of nitrogens with one attached hydrogen (secondary N) is 2. The van der Waals surface area contributed by atoms with Gasteiger partial charge in [-0.25, -0.2) is 9.97 Å². The van der Waals surface area contributed by atoms with Crippen molar-refractivity contribution >= 4 is 17.3 Å². The molecule has 1 heterocycles. The first-order valence-corrected chi connectivity index (χ1v) is 6.60. The Morgan fingerprint density at radius 3 is 2.55 bits per heavy atom. The van der Waals surface area contributed by atoms with E-state index in [4.69, 9.17) is 4.74 Å². The summed E-state index contributed by atoms with van der Waals surface area (Å²) in [6, 6.07) is 9.95. The number of hydrogen-bond acceptors (Lipinski definition) is 5. The van der Waals surface area contributed by atoms with Crippen LogP contribution in [0.2, 0.25) is 0 Å². The van der Waals surface area contributed by atoms with Gasteiger partial charge in [0, 0.05) is 23.9 Å². The van der Waals surface area contributed by atoms with E-state index in [9.17, 15) is 0 Å². The molecule has 5 nitrogen and oxygen atoms in total. The van der Waals surface area contributed by atoms with Gasteiger partial charge >= 0.3 is 0 Å². The van der Waals surface area contributed by atoms with Gasteiger partial charge in [-0.05, 0) is 32.9 Å². The minimum absolute atomic E-state index is 0.328. The van der Waals surface area contributed by atoms with E-state index in [-0.39, 0.29) is 0 Å². The smallest absolute Gasteiger partial charge is 0.136 e. The van der Waals surface area contributed by atoms with Gasteiger partial charge in [0.05, 0.1) is 7.11 Å². The largest absolute Gasteiger partial charge is 0.497 e. The lowest BCUT2D eigenvalue weighted by Gasteiger charge is -2.12. The predicted molar refractivity (Wildman–Crippen MR) is 81.8 cm³/mol. The number of hydrogen-bond donors (Lipinski definition) is 2. The fourth-order valence-corrected chi connectivity index (χ4v) is 1.85. The van der Waals surface area contributed by atoms with Crippen molar-refractivity contribution in [2.75, 3.05) is 17.7 Å². The molecule has 0 fully saturated rings. The summed E-state index contributed by atoms with van der Waals surface area (Å²) < 4.78 is 5.21. The van der Waals surface area contributed by atoms with Gasteiger partial charge in [0.25, 0.3) is 0 Å². The summed E-state index contributed by atoms with van der Waals surface area (Å²) in [4.78, 5) is 8.75. The highest BCUT2D eigenvalue weighted by Crippen LogP contribution is 2.21. The van der Waals surface area contributed by atoms with Crippen molar-refractivity contribution in [3.8, 4) is 5.75 Å². The zero-order chi connectivity index (χ0) is 14.5. The summed E-state index contributed by atoms with van der Waals surface area (Å²) in [5, 5.41) is 6.54. The lowest BCUT2D eigenvalue weighted by Crippen LogP contribution is -2.12. The number of aromatic nitrogens is 2.